The van der Waals surface area contributed by atoms with Gasteiger partial charge in [0.2, 0.25) is 5.91 Å². The molecule has 3 aliphatic heterocycles. The van der Waals surface area contributed by atoms with Gasteiger partial charge >= 0.3 is 0 Å². The monoisotopic (exact) mass is 477 g/mol. The number of nitrogens with zero attached hydrogens (tertiary/aromatic N) is 3. The molecule has 5 rings (SSSR count). The fourth-order valence-corrected chi connectivity index (χ4v) is 5.99. The summed E-state index contributed by atoms with van der Waals surface area (Å²) in [5, 5.41) is 11.0. The zero-order valence-corrected chi connectivity index (χ0v) is 21.3. The van der Waals surface area contributed by atoms with Crippen LogP contribution in [0, 0.1) is 5.92 Å². The second kappa shape index (κ2) is 9.92. The van der Waals surface area contributed by atoms with E-state index in [1.165, 1.54) is 11.3 Å². The van der Waals surface area contributed by atoms with E-state index in [9.17, 15) is 9.90 Å². The Morgan fingerprint density at radius 1 is 1.00 bits per heavy atom. The molecule has 2 aromatic carbocycles. The summed E-state index contributed by atoms with van der Waals surface area (Å²) in [6.45, 7) is 8.49. The number of hydrogen-bond donors (Lipinski definition) is 1. The van der Waals surface area contributed by atoms with Gasteiger partial charge in [0.15, 0.2) is 0 Å². The zero-order chi connectivity index (χ0) is 24.6. The van der Waals surface area contributed by atoms with E-state index in [0.29, 0.717) is 38.1 Å². The minimum Gasteiger partial charge on any atom is -0.385 e. The van der Waals surface area contributed by atoms with Crippen LogP contribution in [0.25, 0.3) is 0 Å². The molecule has 6 nitrogen and oxygen atoms in total. The number of carbonyl (C=O) groups excluding carboxylic acids is 1. The smallest absolute Gasteiger partial charge is 0.230 e. The standard InChI is InChI=1S/C29H39N3O3/c1-21-19-31(20-22(2)30(21)3)27-7-5-4-6-23(27)18-24-12-15-32(28(24)33)26-10-8-25(9-11-26)29(34)13-16-35-17-14-29/h4-11,21-22,24,34H,12-20H2,1-3H3/t21-,22+,24-/m0/s1. The molecule has 3 atom stereocenters. The van der Waals surface area contributed by atoms with Crippen LogP contribution in [0.4, 0.5) is 11.4 Å². The Bertz CT molecular complexity index is 1020. The summed E-state index contributed by atoms with van der Waals surface area (Å²) in [5.41, 5.74) is 3.56. The molecule has 0 saturated carbocycles. The van der Waals surface area contributed by atoms with E-state index in [1.807, 2.05) is 29.2 Å². The molecular weight excluding hydrogens is 438 g/mol. The number of amides is 1. The van der Waals surface area contributed by atoms with Crippen molar-refractivity contribution in [2.45, 2.75) is 57.2 Å². The quantitative estimate of drug-likeness (QED) is 0.710. The summed E-state index contributed by atoms with van der Waals surface area (Å²) >= 11 is 0. The van der Waals surface area contributed by atoms with E-state index < -0.39 is 5.60 Å². The number of ether oxygens (including phenoxy) is 1. The van der Waals surface area contributed by atoms with Gasteiger partial charge in [0, 0.05) is 75.1 Å². The zero-order valence-electron chi connectivity index (χ0n) is 21.3. The average molecular weight is 478 g/mol. The lowest BCUT2D eigenvalue weighted by Gasteiger charge is -2.44. The Kier molecular flexibility index (Phi) is 6.88. The van der Waals surface area contributed by atoms with Gasteiger partial charge in [0.25, 0.3) is 0 Å². The van der Waals surface area contributed by atoms with Crippen molar-refractivity contribution in [3.8, 4) is 0 Å². The van der Waals surface area contributed by atoms with Gasteiger partial charge in [-0.25, -0.2) is 0 Å². The van der Waals surface area contributed by atoms with Gasteiger partial charge in [-0.1, -0.05) is 30.3 Å². The Morgan fingerprint density at radius 3 is 2.34 bits per heavy atom. The van der Waals surface area contributed by atoms with Gasteiger partial charge in [-0.15, -0.1) is 0 Å². The molecule has 1 amide bonds. The summed E-state index contributed by atoms with van der Waals surface area (Å²) in [7, 11) is 2.21. The van der Waals surface area contributed by atoms with E-state index in [1.54, 1.807) is 0 Å². The second-order valence-corrected chi connectivity index (χ2v) is 10.8. The van der Waals surface area contributed by atoms with Crippen LogP contribution in [-0.4, -0.2) is 67.9 Å². The van der Waals surface area contributed by atoms with Crippen molar-refractivity contribution < 1.29 is 14.6 Å². The lowest BCUT2D eigenvalue weighted by Crippen LogP contribution is -2.55. The number of aliphatic hydroxyl groups is 1. The number of benzene rings is 2. The van der Waals surface area contributed by atoms with Gasteiger partial charge in [0.1, 0.15) is 0 Å². The molecule has 35 heavy (non-hydrogen) atoms. The first-order valence-electron chi connectivity index (χ1n) is 13.1. The number of para-hydroxylation sites is 1. The van der Waals surface area contributed by atoms with E-state index in [0.717, 1.165) is 43.7 Å². The molecule has 3 saturated heterocycles. The largest absolute Gasteiger partial charge is 0.385 e. The third-order valence-corrected chi connectivity index (χ3v) is 8.51. The average Bonchev–Trinajstić information content (AvgIpc) is 3.23. The lowest BCUT2D eigenvalue weighted by molar-refractivity contribution is -0.120. The maximum Gasteiger partial charge on any atom is 0.230 e. The van der Waals surface area contributed by atoms with Crippen molar-refractivity contribution in [1.82, 2.24) is 4.90 Å². The minimum atomic E-state index is -0.823. The highest BCUT2D eigenvalue weighted by atomic mass is 16.5. The summed E-state index contributed by atoms with van der Waals surface area (Å²) < 4.78 is 5.41. The molecule has 0 unspecified atom stereocenters. The van der Waals surface area contributed by atoms with Crippen LogP contribution in [0.3, 0.4) is 0 Å². The van der Waals surface area contributed by atoms with Crippen LogP contribution < -0.4 is 9.80 Å². The van der Waals surface area contributed by atoms with Crippen LogP contribution in [-0.2, 0) is 21.6 Å². The maximum atomic E-state index is 13.4. The van der Waals surface area contributed by atoms with Gasteiger partial charge in [-0.3, -0.25) is 9.69 Å². The SMILES string of the molecule is C[C@@H]1CN(c2ccccc2C[C@@H]2CCN(c3ccc(C4(O)CCOCC4)cc3)C2=O)C[C@H](C)N1C. The third kappa shape index (κ3) is 4.84. The van der Waals surface area contributed by atoms with Gasteiger partial charge in [-0.2, -0.15) is 0 Å². The molecule has 0 aromatic heterocycles. The van der Waals surface area contributed by atoms with Crippen molar-refractivity contribution in [2.75, 3.05) is 49.7 Å². The predicted octanol–water partition coefficient (Wildman–Crippen LogP) is 3.81. The number of hydrogen-bond acceptors (Lipinski definition) is 5. The third-order valence-electron chi connectivity index (χ3n) is 8.51. The van der Waals surface area contributed by atoms with Crippen molar-refractivity contribution in [3.63, 3.8) is 0 Å². The van der Waals surface area contributed by atoms with Crippen molar-refractivity contribution in [2.24, 2.45) is 5.92 Å². The van der Waals surface area contributed by atoms with Crippen molar-refractivity contribution >= 4 is 17.3 Å². The first-order chi connectivity index (χ1) is 16.9. The van der Waals surface area contributed by atoms with Gasteiger partial charge in [-0.05, 0) is 63.1 Å². The molecule has 3 heterocycles. The Labute approximate surface area is 209 Å². The number of rotatable bonds is 5. The Morgan fingerprint density at radius 2 is 1.66 bits per heavy atom. The number of anilines is 2. The summed E-state index contributed by atoms with van der Waals surface area (Å²) in [5.74, 6) is 0.204. The first-order valence-corrected chi connectivity index (χ1v) is 13.1. The van der Waals surface area contributed by atoms with Crippen LogP contribution in [0.5, 0.6) is 0 Å². The summed E-state index contributed by atoms with van der Waals surface area (Å²) in [6.07, 6.45) is 2.87. The Hall–Kier alpha value is -2.41. The highest BCUT2D eigenvalue weighted by Crippen LogP contribution is 2.35. The Balaban J connectivity index is 1.28. The van der Waals surface area contributed by atoms with Crippen molar-refractivity contribution in [1.29, 1.82) is 0 Å². The predicted molar refractivity (Wildman–Crippen MR) is 140 cm³/mol. The molecular formula is C29H39N3O3. The van der Waals surface area contributed by atoms with Crippen molar-refractivity contribution in [3.05, 3.63) is 59.7 Å². The van der Waals surface area contributed by atoms with E-state index in [4.69, 9.17) is 4.74 Å². The molecule has 2 aromatic rings. The van der Waals surface area contributed by atoms with E-state index in [-0.39, 0.29) is 11.8 Å². The molecule has 6 heteroatoms. The maximum absolute atomic E-state index is 13.4. The molecule has 3 fully saturated rings. The highest BCUT2D eigenvalue weighted by molar-refractivity contribution is 5.97. The number of likely N-dealkylation sites (N-methyl/N-ethyl adjacent to an activating group) is 1. The first kappa shape index (κ1) is 24.3. The van der Waals surface area contributed by atoms with E-state index in [2.05, 4.69) is 55.0 Å². The van der Waals surface area contributed by atoms with E-state index >= 15 is 0 Å². The number of carbonyl (C=O) groups is 1. The van der Waals surface area contributed by atoms with Crippen LogP contribution in [0.2, 0.25) is 0 Å². The molecule has 0 radical (unpaired) electrons. The highest BCUT2D eigenvalue weighted by Gasteiger charge is 2.35. The fourth-order valence-electron chi connectivity index (χ4n) is 5.99. The van der Waals surface area contributed by atoms with Crippen LogP contribution >= 0.6 is 0 Å². The summed E-state index contributed by atoms with van der Waals surface area (Å²) in [4.78, 5) is 20.3. The molecule has 1 N–H and O–H groups in total. The minimum absolute atomic E-state index is 0.00202. The molecule has 0 aliphatic carbocycles. The van der Waals surface area contributed by atoms with Gasteiger partial charge in [0.05, 0.1) is 5.60 Å². The van der Waals surface area contributed by atoms with Crippen LogP contribution in [0.1, 0.15) is 44.2 Å². The normalized spacial score (nSPS) is 27.4. The molecule has 3 aliphatic rings. The number of piperazine rings is 1. The topological polar surface area (TPSA) is 56.2 Å². The molecule has 0 spiro atoms. The summed E-state index contributed by atoms with van der Waals surface area (Å²) in [6, 6.07) is 17.6. The fraction of sp³-hybridized carbons (Fsp3) is 0.552. The molecule has 0 bridgehead atoms. The van der Waals surface area contributed by atoms with Gasteiger partial charge < -0.3 is 19.6 Å². The lowest BCUT2D eigenvalue weighted by atomic mass is 9.86. The van der Waals surface area contributed by atoms with Crippen LogP contribution in [0.15, 0.2) is 48.5 Å². The second-order valence-electron chi connectivity index (χ2n) is 10.8. The molecule has 188 valence electrons.